The summed E-state index contributed by atoms with van der Waals surface area (Å²) in [7, 11) is 1.00. The summed E-state index contributed by atoms with van der Waals surface area (Å²) in [6.07, 6.45) is 0. The van der Waals surface area contributed by atoms with Gasteiger partial charge in [-0.2, -0.15) is 5.26 Å². The summed E-state index contributed by atoms with van der Waals surface area (Å²) in [4.78, 5) is 1.97. The molecule has 0 saturated carbocycles. The molecular weight excluding hydrogens is 205 g/mol. The Hall–Kier alpha value is 0.180. The van der Waals surface area contributed by atoms with Crippen LogP contribution in [-0.4, -0.2) is 17.1 Å². The van der Waals surface area contributed by atoms with Crippen LogP contribution >= 0.6 is 22.6 Å². The number of nitriles is 1. The average Bonchev–Trinajstić information content (AvgIpc) is 1.78. The molecule has 0 radical (unpaired) electrons. The third-order valence-electron chi connectivity index (χ3n) is 0. The molecule has 0 aromatic heterocycles. The molecule has 2 nitrogen and oxygen atoms in total. The van der Waals surface area contributed by atoms with Crippen molar-refractivity contribution < 1.29 is 5.11 Å². The second kappa shape index (κ2) is 119. The Morgan fingerprint density at radius 2 is 1.43 bits per heavy atom. The molecule has 0 rings (SSSR count). The van der Waals surface area contributed by atoms with Gasteiger partial charge in [0.05, 0.1) is 6.07 Å². The van der Waals surface area contributed by atoms with E-state index in [-0.39, 0.29) is 0 Å². The number of nitrogens with zero attached hydrogens (tertiary/aromatic N) is 1. The first-order valence-electron chi connectivity index (χ1n) is 1.55. The van der Waals surface area contributed by atoms with Crippen LogP contribution in [0.5, 0.6) is 0 Å². The Balaban J connectivity index is -0.0000000360. The largest absolute Gasteiger partial charge is 0.400 e. The highest BCUT2D eigenvalue weighted by atomic mass is 127. The van der Waals surface area contributed by atoms with Crippen molar-refractivity contribution in [3.8, 4) is 6.07 Å². The molecule has 0 heterocycles. The average molecular weight is 215 g/mol. The lowest BCUT2D eigenvalue weighted by Crippen LogP contribution is -1.25. The second-order valence-electron chi connectivity index (χ2n) is 0.224. The van der Waals surface area contributed by atoms with E-state index < -0.39 is 0 Å². The predicted octanol–water partition coefficient (Wildman–Crippen LogP) is 1.19. The lowest BCUT2D eigenvalue weighted by molar-refractivity contribution is 0.399. The number of hydrogen-bond acceptors (Lipinski definition) is 2. The molecule has 0 aliphatic heterocycles. The zero-order chi connectivity index (χ0) is 6.71. The molecule has 0 atom stereocenters. The molecule has 7 heavy (non-hydrogen) atoms. The number of rotatable bonds is 0. The van der Waals surface area contributed by atoms with E-state index in [9.17, 15) is 0 Å². The molecule has 0 unspecified atom stereocenters. The first-order valence-corrected chi connectivity index (χ1v) is 3.71. The van der Waals surface area contributed by atoms with E-state index >= 15 is 0 Å². The molecule has 0 fully saturated rings. The highest BCUT2D eigenvalue weighted by Crippen LogP contribution is 1.48. The Kier molecular flexibility index (Phi) is 267. The third-order valence-corrected chi connectivity index (χ3v) is 0. The van der Waals surface area contributed by atoms with Gasteiger partial charge in [-0.25, -0.2) is 0 Å². The molecule has 0 aromatic carbocycles. The topological polar surface area (TPSA) is 44.0 Å². The molecule has 3 heteroatoms. The summed E-state index contributed by atoms with van der Waals surface area (Å²) in [6, 6.07) is 1.75. The minimum Gasteiger partial charge on any atom is -0.400 e. The normalized spacial score (nSPS) is 2.86. The van der Waals surface area contributed by atoms with E-state index in [1.165, 1.54) is 6.92 Å². The van der Waals surface area contributed by atoms with E-state index in [4.69, 9.17) is 10.4 Å². The van der Waals surface area contributed by atoms with E-state index in [1.807, 2.05) is 4.93 Å². The van der Waals surface area contributed by atoms with Gasteiger partial charge in [-0.3, -0.25) is 0 Å². The van der Waals surface area contributed by atoms with Gasteiger partial charge in [-0.15, -0.1) is 0 Å². The molecule has 0 bridgehead atoms. The van der Waals surface area contributed by atoms with Crippen LogP contribution in [0.3, 0.4) is 0 Å². The number of aliphatic hydroxyl groups excluding tert-OH is 1. The predicted molar refractivity (Wildman–Crippen MR) is 39.4 cm³/mol. The second-order valence-corrected chi connectivity index (χ2v) is 0.224. The molecule has 0 spiro atoms. The number of halogens is 1. The SMILES string of the molecule is CC#N.CI.CO. The van der Waals surface area contributed by atoms with Crippen LogP contribution in [0, 0.1) is 11.3 Å². The minimum absolute atomic E-state index is 1.00. The van der Waals surface area contributed by atoms with Crippen LogP contribution in [0.2, 0.25) is 0 Å². The van der Waals surface area contributed by atoms with Crippen molar-refractivity contribution >= 4 is 22.6 Å². The molecule has 0 aromatic rings. The summed E-state index contributed by atoms with van der Waals surface area (Å²) in [5.41, 5.74) is 0. The minimum atomic E-state index is 1.00. The Labute approximate surface area is 58.3 Å². The van der Waals surface area contributed by atoms with Gasteiger partial charge in [0.25, 0.3) is 0 Å². The quantitative estimate of drug-likeness (QED) is 0.487. The van der Waals surface area contributed by atoms with Crippen LogP contribution in [0.25, 0.3) is 0 Å². The zero-order valence-corrected chi connectivity index (χ0v) is 6.93. The monoisotopic (exact) mass is 215 g/mol. The fourth-order valence-corrected chi connectivity index (χ4v) is 0. The van der Waals surface area contributed by atoms with Gasteiger partial charge in [0.2, 0.25) is 0 Å². The van der Waals surface area contributed by atoms with E-state index in [0.29, 0.717) is 0 Å². The first-order chi connectivity index (χ1) is 3.41. The smallest absolute Gasteiger partial charge is 0.0587 e. The Morgan fingerprint density at radius 3 is 1.43 bits per heavy atom. The van der Waals surface area contributed by atoms with Crippen molar-refractivity contribution in [3.63, 3.8) is 0 Å². The van der Waals surface area contributed by atoms with Crippen LogP contribution in [0.4, 0.5) is 0 Å². The van der Waals surface area contributed by atoms with Crippen LogP contribution in [-0.2, 0) is 0 Å². The maximum absolute atomic E-state index is 7.32. The van der Waals surface area contributed by atoms with Gasteiger partial charge in [-0.1, -0.05) is 22.6 Å². The van der Waals surface area contributed by atoms with Crippen molar-refractivity contribution in [2.75, 3.05) is 12.0 Å². The summed E-state index contributed by atoms with van der Waals surface area (Å²) < 4.78 is 0. The fourth-order valence-electron chi connectivity index (χ4n) is 0. The first kappa shape index (κ1) is 15.7. The van der Waals surface area contributed by atoms with Crippen molar-refractivity contribution in [3.05, 3.63) is 0 Å². The lowest BCUT2D eigenvalue weighted by Gasteiger charge is -1.21. The van der Waals surface area contributed by atoms with Crippen molar-refractivity contribution in [1.29, 1.82) is 5.26 Å². The summed E-state index contributed by atoms with van der Waals surface area (Å²) in [6.45, 7) is 1.43. The molecule has 44 valence electrons. The van der Waals surface area contributed by atoms with Crippen molar-refractivity contribution in [2.24, 2.45) is 0 Å². The molecule has 0 aliphatic rings. The zero-order valence-electron chi connectivity index (χ0n) is 4.77. The van der Waals surface area contributed by atoms with E-state index in [2.05, 4.69) is 22.6 Å². The molecule has 0 aliphatic carbocycles. The van der Waals surface area contributed by atoms with Gasteiger partial charge < -0.3 is 5.11 Å². The third kappa shape index (κ3) is 3330. The summed E-state index contributed by atoms with van der Waals surface area (Å²) in [5.74, 6) is 0. The van der Waals surface area contributed by atoms with Gasteiger partial charge >= 0.3 is 0 Å². The maximum atomic E-state index is 7.32. The van der Waals surface area contributed by atoms with Crippen LogP contribution < -0.4 is 0 Å². The Morgan fingerprint density at radius 1 is 1.43 bits per heavy atom. The Bertz CT molecular complexity index is 33.2. The lowest BCUT2D eigenvalue weighted by atomic mass is 11.0. The molecular formula is C4H10INO. The highest BCUT2D eigenvalue weighted by Gasteiger charge is 1.17. The van der Waals surface area contributed by atoms with Crippen LogP contribution in [0.15, 0.2) is 0 Å². The van der Waals surface area contributed by atoms with E-state index in [1.54, 1.807) is 6.07 Å². The molecule has 1 N–H and O–H groups in total. The van der Waals surface area contributed by atoms with Gasteiger partial charge in [0.15, 0.2) is 0 Å². The van der Waals surface area contributed by atoms with Gasteiger partial charge in [-0.05, 0) is 4.93 Å². The summed E-state index contributed by atoms with van der Waals surface area (Å²) >= 11 is 2.15. The van der Waals surface area contributed by atoms with Crippen molar-refractivity contribution in [2.45, 2.75) is 6.92 Å². The maximum Gasteiger partial charge on any atom is 0.0587 e. The highest BCUT2D eigenvalue weighted by molar-refractivity contribution is 14.1. The summed E-state index contributed by atoms with van der Waals surface area (Å²) in [5, 5.41) is 14.3. The molecule has 0 saturated heterocycles. The fraction of sp³-hybridized carbons (Fsp3) is 0.750. The molecule has 0 amide bonds. The van der Waals surface area contributed by atoms with Gasteiger partial charge in [0.1, 0.15) is 0 Å². The van der Waals surface area contributed by atoms with Gasteiger partial charge in [0, 0.05) is 14.0 Å². The van der Waals surface area contributed by atoms with Crippen LogP contribution in [0.1, 0.15) is 6.92 Å². The standard InChI is InChI=1S/C2H3N.CH3I.CH4O/c1-2-3;2*1-2/h1H3;1H3;2H,1H3. The number of hydrogen-bond donors (Lipinski definition) is 1. The van der Waals surface area contributed by atoms with E-state index in [0.717, 1.165) is 7.11 Å². The number of alkyl halides is 1. The number of aliphatic hydroxyl groups is 1. The van der Waals surface area contributed by atoms with Crippen molar-refractivity contribution in [1.82, 2.24) is 0 Å².